The number of hydrogen-bond donors (Lipinski definition) is 1. The van der Waals surface area contributed by atoms with Crippen LogP contribution in [0.1, 0.15) is 25.7 Å². The van der Waals surface area contributed by atoms with Crippen molar-refractivity contribution in [1.29, 1.82) is 0 Å². The Morgan fingerprint density at radius 3 is 2.95 bits per heavy atom. The maximum atomic E-state index is 12.2. The van der Waals surface area contributed by atoms with E-state index in [4.69, 9.17) is 4.74 Å². The molecule has 0 saturated carbocycles. The van der Waals surface area contributed by atoms with Crippen molar-refractivity contribution in [1.82, 2.24) is 15.1 Å². The normalized spacial score (nSPS) is 23.0. The summed E-state index contributed by atoms with van der Waals surface area (Å²) >= 11 is 0. The summed E-state index contributed by atoms with van der Waals surface area (Å²) in [4.78, 5) is 27.3. The van der Waals surface area contributed by atoms with E-state index in [1.54, 1.807) is 7.11 Å². The van der Waals surface area contributed by atoms with Crippen molar-refractivity contribution in [2.24, 2.45) is 0 Å². The third-order valence-corrected chi connectivity index (χ3v) is 3.99. The van der Waals surface area contributed by atoms with Crippen LogP contribution in [0.25, 0.3) is 0 Å². The summed E-state index contributed by atoms with van der Waals surface area (Å²) in [6.07, 6.45) is 3.66. The number of methoxy groups -OCH3 is 1. The minimum absolute atomic E-state index is 0.0271. The van der Waals surface area contributed by atoms with Crippen molar-refractivity contribution >= 4 is 11.8 Å². The lowest BCUT2D eigenvalue weighted by molar-refractivity contribution is -0.142. The number of likely N-dealkylation sites (tertiary alicyclic amines) is 1. The fourth-order valence-corrected chi connectivity index (χ4v) is 2.87. The van der Waals surface area contributed by atoms with Gasteiger partial charge in [-0.25, -0.2) is 0 Å². The quantitative estimate of drug-likeness (QED) is 0.703. The number of carbonyl (C=O) groups excluding carboxylic acids is 2. The second-order valence-corrected chi connectivity index (χ2v) is 5.56. The molecule has 0 bridgehead atoms. The van der Waals surface area contributed by atoms with Gasteiger partial charge >= 0.3 is 0 Å². The zero-order chi connectivity index (χ0) is 14.4. The first-order valence-corrected chi connectivity index (χ1v) is 7.48. The molecule has 1 atom stereocenters. The maximum Gasteiger partial charge on any atom is 0.243 e. The molecular formula is C14H25N3O3. The Morgan fingerprint density at radius 1 is 1.50 bits per heavy atom. The number of rotatable bonds is 7. The number of amides is 2. The topological polar surface area (TPSA) is 61.9 Å². The van der Waals surface area contributed by atoms with Gasteiger partial charge in [0.05, 0.1) is 13.2 Å². The van der Waals surface area contributed by atoms with E-state index in [2.05, 4.69) is 10.2 Å². The summed E-state index contributed by atoms with van der Waals surface area (Å²) in [5.41, 5.74) is 0. The molecule has 0 aromatic rings. The van der Waals surface area contributed by atoms with Crippen LogP contribution in [0.2, 0.25) is 0 Å². The van der Waals surface area contributed by atoms with Crippen LogP contribution in [0.5, 0.6) is 0 Å². The largest absolute Gasteiger partial charge is 0.383 e. The van der Waals surface area contributed by atoms with E-state index < -0.39 is 0 Å². The summed E-state index contributed by atoms with van der Waals surface area (Å²) in [5.74, 6) is -0.0951. The average molecular weight is 283 g/mol. The number of nitrogens with one attached hydrogen (secondary N) is 1. The van der Waals surface area contributed by atoms with Crippen molar-refractivity contribution in [3.05, 3.63) is 0 Å². The highest BCUT2D eigenvalue weighted by Crippen LogP contribution is 2.11. The molecule has 6 heteroatoms. The first-order valence-electron chi connectivity index (χ1n) is 7.48. The molecule has 2 saturated heterocycles. The van der Waals surface area contributed by atoms with Crippen LogP contribution < -0.4 is 5.32 Å². The summed E-state index contributed by atoms with van der Waals surface area (Å²) < 4.78 is 5.11. The molecule has 114 valence electrons. The third-order valence-electron chi connectivity index (χ3n) is 3.99. The number of hydrogen-bond acceptors (Lipinski definition) is 5. The highest BCUT2D eigenvalue weighted by molar-refractivity contribution is 5.97. The molecule has 0 aromatic heterocycles. The number of imide groups is 1. The van der Waals surface area contributed by atoms with Gasteiger partial charge in [0.25, 0.3) is 0 Å². The van der Waals surface area contributed by atoms with E-state index in [0.717, 1.165) is 32.5 Å². The Bertz CT molecular complexity index is 343. The Morgan fingerprint density at radius 2 is 2.35 bits per heavy atom. The number of carbonyl (C=O) groups is 2. The zero-order valence-electron chi connectivity index (χ0n) is 12.3. The van der Waals surface area contributed by atoms with E-state index in [9.17, 15) is 9.59 Å². The summed E-state index contributed by atoms with van der Waals surface area (Å²) in [7, 11) is 1.66. The fraction of sp³-hybridized carbons (Fsp3) is 0.857. The monoisotopic (exact) mass is 283 g/mol. The molecule has 0 aromatic carbocycles. The molecule has 1 N–H and O–H groups in total. The average Bonchev–Trinajstić information content (AvgIpc) is 3.07. The highest BCUT2D eigenvalue weighted by Gasteiger charge is 2.28. The van der Waals surface area contributed by atoms with Gasteiger partial charge in [0, 0.05) is 39.2 Å². The summed E-state index contributed by atoms with van der Waals surface area (Å²) in [6.45, 7) is 4.12. The second-order valence-electron chi connectivity index (χ2n) is 5.56. The maximum absolute atomic E-state index is 12.2. The zero-order valence-corrected chi connectivity index (χ0v) is 12.3. The molecule has 2 aliphatic heterocycles. The third kappa shape index (κ3) is 4.26. The first-order chi connectivity index (χ1) is 9.70. The van der Waals surface area contributed by atoms with E-state index in [-0.39, 0.29) is 11.8 Å². The van der Waals surface area contributed by atoms with Crippen molar-refractivity contribution in [2.75, 3.05) is 46.4 Å². The lowest BCUT2D eigenvalue weighted by Gasteiger charge is -2.26. The molecule has 2 rings (SSSR count). The molecule has 20 heavy (non-hydrogen) atoms. The van der Waals surface area contributed by atoms with Gasteiger partial charge in [-0.2, -0.15) is 0 Å². The van der Waals surface area contributed by atoms with Crippen molar-refractivity contribution < 1.29 is 14.3 Å². The number of ether oxygens (including phenoxy) is 1. The van der Waals surface area contributed by atoms with Gasteiger partial charge in [0.2, 0.25) is 11.8 Å². The molecule has 0 radical (unpaired) electrons. The highest BCUT2D eigenvalue weighted by atomic mass is 16.5. The predicted octanol–water partition coefficient (Wildman–Crippen LogP) is -0.164. The van der Waals surface area contributed by atoms with Gasteiger partial charge in [0.15, 0.2) is 0 Å². The lowest BCUT2D eigenvalue weighted by atomic mass is 10.2. The van der Waals surface area contributed by atoms with Crippen molar-refractivity contribution in [3.63, 3.8) is 0 Å². The molecule has 2 aliphatic rings. The van der Waals surface area contributed by atoms with Crippen LogP contribution in [-0.4, -0.2) is 74.1 Å². The fourth-order valence-electron chi connectivity index (χ4n) is 2.87. The Balaban J connectivity index is 1.84. The van der Waals surface area contributed by atoms with Gasteiger partial charge in [0.1, 0.15) is 0 Å². The van der Waals surface area contributed by atoms with Crippen molar-refractivity contribution in [2.45, 2.75) is 31.7 Å². The van der Waals surface area contributed by atoms with E-state index >= 15 is 0 Å². The van der Waals surface area contributed by atoms with Crippen LogP contribution in [0.15, 0.2) is 0 Å². The molecule has 1 unspecified atom stereocenters. The molecular weight excluding hydrogens is 258 g/mol. The summed E-state index contributed by atoms with van der Waals surface area (Å²) in [5, 5.41) is 3.44. The minimum Gasteiger partial charge on any atom is -0.383 e. The van der Waals surface area contributed by atoms with Gasteiger partial charge in [-0.3, -0.25) is 19.4 Å². The SMILES string of the molecule is COCCN(CC(=O)N1CCCC1=O)CC1CCCN1. The van der Waals surface area contributed by atoms with Crippen LogP contribution in [0, 0.1) is 0 Å². The first kappa shape index (κ1) is 15.4. The Kier molecular flexibility index (Phi) is 5.94. The molecule has 6 nitrogen and oxygen atoms in total. The standard InChI is InChI=1S/C14H25N3O3/c1-20-9-8-16(10-12-4-2-6-15-12)11-14(19)17-7-3-5-13(17)18/h12,15H,2-11H2,1H3. The Labute approximate surface area is 120 Å². The Hall–Kier alpha value is -0.980. The van der Waals surface area contributed by atoms with E-state index in [1.165, 1.54) is 11.3 Å². The van der Waals surface area contributed by atoms with Gasteiger partial charge in [-0.15, -0.1) is 0 Å². The predicted molar refractivity (Wildman–Crippen MR) is 75.3 cm³/mol. The molecule has 0 aliphatic carbocycles. The number of nitrogens with zero attached hydrogens (tertiary/aromatic N) is 2. The van der Waals surface area contributed by atoms with Crippen LogP contribution >= 0.6 is 0 Å². The lowest BCUT2D eigenvalue weighted by Crippen LogP contribution is -2.46. The van der Waals surface area contributed by atoms with E-state index in [1.807, 2.05) is 0 Å². The van der Waals surface area contributed by atoms with E-state index in [0.29, 0.717) is 32.2 Å². The molecule has 2 fully saturated rings. The van der Waals surface area contributed by atoms with Crippen LogP contribution in [-0.2, 0) is 14.3 Å². The van der Waals surface area contributed by atoms with Gasteiger partial charge in [-0.05, 0) is 25.8 Å². The molecule has 0 spiro atoms. The summed E-state index contributed by atoms with van der Waals surface area (Å²) in [6, 6.07) is 0.453. The second kappa shape index (κ2) is 7.71. The van der Waals surface area contributed by atoms with Crippen LogP contribution in [0.3, 0.4) is 0 Å². The van der Waals surface area contributed by atoms with Crippen molar-refractivity contribution in [3.8, 4) is 0 Å². The smallest absolute Gasteiger partial charge is 0.243 e. The molecule has 2 amide bonds. The minimum atomic E-state index is -0.0680. The van der Waals surface area contributed by atoms with Crippen LogP contribution in [0.4, 0.5) is 0 Å². The molecule has 2 heterocycles. The van der Waals surface area contributed by atoms with Gasteiger partial charge < -0.3 is 10.1 Å². The van der Waals surface area contributed by atoms with Gasteiger partial charge in [-0.1, -0.05) is 0 Å².